The molecule has 3 nitrogen and oxygen atoms in total. The second-order valence-corrected chi connectivity index (χ2v) is 5.41. The number of rotatable bonds is 3. The highest BCUT2D eigenvalue weighted by molar-refractivity contribution is 6.04. The number of anilines is 1. The van der Waals surface area contributed by atoms with Crippen LogP contribution in [-0.2, 0) is 7.05 Å². The van der Waals surface area contributed by atoms with Crippen LogP contribution in [0.3, 0.4) is 0 Å². The highest BCUT2D eigenvalue weighted by atomic mass is 16.1. The monoisotopic (exact) mass is 290 g/mol. The number of aryl methyl sites for hydroxylation is 2. The Morgan fingerprint density at radius 1 is 0.955 bits per heavy atom. The average Bonchev–Trinajstić information content (AvgIpc) is 2.91. The fraction of sp³-hybridized carbons (Fsp3) is 0.105. The summed E-state index contributed by atoms with van der Waals surface area (Å²) in [6.07, 6.45) is 1.98. The number of benzene rings is 2. The molecule has 0 fully saturated rings. The molecule has 3 rings (SSSR count). The van der Waals surface area contributed by atoms with Gasteiger partial charge in [0.2, 0.25) is 0 Å². The fourth-order valence-corrected chi connectivity index (χ4v) is 2.41. The summed E-state index contributed by atoms with van der Waals surface area (Å²) >= 11 is 0. The van der Waals surface area contributed by atoms with E-state index in [-0.39, 0.29) is 5.91 Å². The number of hydrogen-bond donors (Lipinski definition) is 1. The Hall–Kier alpha value is -2.81. The number of hydrogen-bond acceptors (Lipinski definition) is 1. The molecule has 0 unspecified atom stereocenters. The van der Waals surface area contributed by atoms with Crippen molar-refractivity contribution >= 4 is 11.6 Å². The highest BCUT2D eigenvalue weighted by Gasteiger charge is 2.12. The van der Waals surface area contributed by atoms with E-state index in [1.54, 1.807) is 0 Å². The molecule has 0 saturated carbocycles. The summed E-state index contributed by atoms with van der Waals surface area (Å²) in [5.74, 6) is -0.105. The molecule has 110 valence electrons. The Morgan fingerprint density at radius 3 is 2.32 bits per heavy atom. The lowest BCUT2D eigenvalue weighted by molar-refractivity contribution is 0.101. The molecule has 3 aromatic rings. The highest BCUT2D eigenvalue weighted by Crippen LogP contribution is 2.22. The third kappa shape index (κ3) is 2.93. The molecule has 1 amide bonds. The Labute approximate surface area is 130 Å². The Morgan fingerprint density at radius 2 is 1.64 bits per heavy atom. The minimum Gasteiger partial charge on any atom is -0.346 e. The standard InChI is InChI=1S/C19H18N2O/c1-14-8-10-15(11-9-14)16-12-18(21(2)13-16)19(22)20-17-6-4-3-5-7-17/h3-13H,1-2H3,(H,20,22). The van der Waals surface area contributed by atoms with Crippen LogP contribution in [0.25, 0.3) is 11.1 Å². The van der Waals surface area contributed by atoms with Crippen LogP contribution in [0.2, 0.25) is 0 Å². The Bertz CT molecular complexity index is 786. The summed E-state index contributed by atoms with van der Waals surface area (Å²) in [5, 5.41) is 2.91. The van der Waals surface area contributed by atoms with Crippen molar-refractivity contribution in [3.63, 3.8) is 0 Å². The summed E-state index contributed by atoms with van der Waals surface area (Å²) in [6.45, 7) is 2.06. The van der Waals surface area contributed by atoms with Gasteiger partial charge in [0.15, 0.2) is 0 Å². The lowest BCUT2D eigenvalue weighted by Gasteiger charge is -2.05. The minimum atomic E-state index is -0.105. The van der Waals surface area contributed by atoms with Gasteiger partial charge in [0.25, 0.3) is 5.91 Å². The first-order valence-corrected chi connectivity index (χ1v) is 7.23. The molecule has 0 radical (unpaired) electrons. The van der Waals surface area contributed by atoms with E-state index in [2.05, 4.69) is 36.5 Å². The van der Waals surface area contributed by atoms with E-state index in [1.165, 1.54) is 5.56 Å². The fourth-order valence-electron chi connectivity index (χ4n) is 2.41. The number of para-hydroxylation sites is 1. The molecule has 0 aliphatic heterocycles. The van der Waals surface area contributed by atoms with Crippen LogP contribution in [0.1, 0.15) is 16.1 Å². The van der Waals surface area contributed by atoms with Crippen LogP contribution in [0, 0.1) is 6.92 Å². The van der Waals surface area contributed by atoms with E-state index in [1.807, 2.05) is 54.2 Å². The normalized spacial score (nSPS) is 10.5. The SMILES string of the molecule is Cc1ccc(-c2cc(C(=O)Nc3ccccc3)n(C)c2)cc1. The zero-order valence-electron chi connectivity index (χ0n) is 12.7. The molecule has 1 N–H and O–H groups in total. The summed E-state index contributed by atoms with van der Waals surface area (Å²) in [4.78, 5) is 12.4. The van der Waals surface area contributed by atoms with Crippen molar-refractivity contribution in [3.8, 4) is 11.1 Å². The van der Waals surface area contributed by atoms with Gasteiger partial charge < -0.3 is 9.88 Å². The molecular formula is C19H18N2O. The Kier molecular flexibility index (Phi) is 3.79. The van der Waals surface area contributed by atoms with Gasteiger partial charge in [-0.1, -0.05) is 48.0 Å². The maximum Gasteiger partial charge on any atom is 0.272 e. The molecule has 1 aromatic heterocycles. The van der Waals surface area contributed by atoms with E-state index < -0.39 is 0 Å². The van der Waals surface area contributed by atoms with Gasteiger partial charge in [-0.2, -0.15) is 0 Å². The molecule has 0 bridgehead atoms. The van der Waals surface area contributed by atoms with E-state index in [0.717, 1.165) is 16.8 Å². The molecule has 0 aliphatic carbocycles. The van der Waals surface area contributed by atoms with E-state index in [0.29, 0.717) is 5.69 Å². The first kappa shape index (κ1) is 14.1. The number of carbonyl (C=O) groups excluding carboxylic acids is 1. The molecule has 0 saturated heterocycles. The lowest BCUT2D eigenvalue weighted by Crippen LogP contribution is -2.15. The predicted molar refractivity (Wildman–Crippen MR) is 90.0 cm³/mol. The number of amides is 1. The van der Waals surface area contributed by atoms with Crippen molar-refractivity contribution in [2.75, 3.05) is 5.32 Å². The molecule has 2 aromatic carbocycles. The van der Waals surface area contributed by atoms with Crippen LogP contribution in [0.4, 0.5) is 5.69 Å². The van der Waals surface area contributed by atoms with Crippen molar-refractivity contribution in [1.29, 1.82) is 0 Å². The van der Waals surface area contributed by atoms with Crippen LogP contribution in [0.15, 0.2) is 66.9 Å². The topological polar surface area (TPSA) is 34.0 Å². The molecule has 22 heavy (non-hydrogen) atoms. The third-order valence-corrected chi connectivity index (χ3v) is 3.65. The smallest absolute Gasteiger partial charge is 0.272 e. The second kappa shape index (κ2) is 5.90. The van der Waals surface area contributed by atoms with Gasteiger partial charge in [0.05, 0.1) is 0 Å². The van der Waals surface area contributed by atoms with Gasteiger partial charge in [0.1, 0.15) is 5.69 Å². The van der Waals surface area contributed by atoms with Gasteiger partial charge in [-0.05, 0) is 30.7 Å². The zero-order chi connectivity index (χ0) is 15.5. The van der Waals surface area contributed by atoms with Crippen molar-refractivity contribution in [2.45, 2.75) is 6.92 Å². The van der Waals surface area contributed by atoms with Crippen LogP contribution in [-0.4, -0.2) is 10.5 Å². The van der Waals surface area contributed by atoms with Gasteiger partial charge >= 0.3 is 0 Å². The first-order valence-electron chi connectivity index (χ1n) is 7.23. The third-order valence-electron chi connectivity index (χ3n) is 3.65. The summed E-state index contributed by atoms with van der Waals surface area (Å²) in [6, 6.07) is 19.7. The van der Waals surface area contributed by atoms with Crippen molar-refractivity contribution < 1.29 is 4.79 Å². The minimum absolute atomic E-state index is 0.105. The van der Waals surface area contributed by atoms with E-state index in [4.69, 9.17) is 0 Å². The molecule has 3 heteroatoms. The first-order chi connectivity index (χ1) is 10.6. The van der Waals surface area contributed by atoms with Crippen LogP contribution < -0.4 is 5.32 Å². The van der Waals surface area contributed by atoms with Crippen molar-refractivity contribution in [3.05, 3.63) is 78.1 Å². The summed E-state index contributed by atoms with van der Waals surface area (Å²) in [5.41, 5.74) is 4.81. The molecule has 0 aliphatic rings. The molecule has 0 spiro atoms. The Balaban J connectivity index is 1.86. The van der Waals surface area contributed by atoms with Crippen LogP contribution >= 0.6 is 0 Å². The van der Waals surface area contributed by atoms with Gasteiger partial charge in [-0.15, -0.1) is 0 Å². The lowest BCUT2D eigenvalue weighted by atomic mass is 10.1. The zero-order valence-corrected chi connectivity index (χ0v) is 12.7. The van der Waals surface area contributed by atoms with Crippen molar-refractivity contribution in [2.24, 2.45) is 7.05 Å². The average molecular weight is 290 g/mol. The van der Waals surface area contributed by atoms with Crippen molar-refractivity contribution in [1.82, 2.24) is 4.57 Å². The maximum absolute atomic E-state index is 12.4. The quantitative estimate of drug-likeness (QED) is 0.768. The number of nitrogens with one attached hydrogen (secondary N) is 1. The van der Waals surface area contributed by atoms with Gasteiger partial charge in [-0.3, -0.25) is 4.79 Å². The predicted octanol–water partition coefficient (Wildman–Crippen LogP) is 4.25. The number of nitrogens with zero attached hydrogens (tertiary/aromatic N) is 1. The second-order valence-electron chi connectivity index (χ2n) is 5.41. The summed E-state index contributed by atoms with van der Waals surface area (Å²) in [7, 11) is 1.89. The molecular weight excluding hydrogens is 272 g/mol. The molecule has 0 atom stereocenters. The van der Waals surface area contributed by atoms with Crippen LogP contribution in [0.5, 0.6) is 0 Å². The summed E-state index contributed by atoms with van der Waals surface area (Å²) < 4.78 is 1.85. The number of aromatic nitrogens is 1. The van der Waals surface area contributed by atoms with Gasteiger partial charge in [-0.25, -0.2) is 0 Å². The number of carbonyl (C=O) groups is 1. The van der Waals surface area contributed by atoms with Gasteiger partial charge in [0, 0.05) is 24.5 Å². The van der Waals surface area contributed by atoms with E-state index in [9.17, 15) is 4.79 Å². The maximum atomic E-state index is 12.4. The molecule has 1 heterocycles. The van der Waals surface area contributed by atoms with E-state index >= 15 is 0 Å². The largest absolute Gasteiger partial charge is 0.346 e.